The monoisotopic (exact) mass is 314 g/mol. The Morgan fingerprint density at radius 2 is 2.04 bits per heavy atom. The van der Waals surface area contributed by atoms with Gasteiger partial charge in [0, 0.05) is 12.8 Å². The number of rotatable bonds is 6. The van der Waals surface area contributed by atoms with Gasteiger partial charge in [0.2, 0.25) is 0 Å². The zero-order valence-corrected chi connectivity index (χ0v) is 13.9. The molecule has 0 spiro atoms. The molecule has 1 aromatic rings. The third-order valence-corrected chi connectivity index (χ3v) is 5.25. The van der Waals surface area contributed by atoms with E-state index in [-0.39, 0.29) is 11.9 Å². The number of ketones is 1. The molecule has 2 fully saturated rings. The molecule has 0 aromatic heterocycles. The van der Waals surface area contributed by atoms with Gasteiger partial charge in [-0.1, -0.05) is 24.3 Å². The zero-order valence-electron chi connectivity index (χ0n) is 13.9. The van der Waals surface area contributed by atoms with Crippen LogP contribution in [0.5, 0.6) is 0 Å². The van der Waals surface area contributed by atoms with Gasteiger partial charge in [-0.3, -0.25) is 9.59 Å². The topological polar surface area (TPSA) is 43.4 Å². The molecule has 1 aromatic carbocycles. The number of carbonyl (C=O) groups excluding carboxylic acids is 2. The van der Waals surface area contributed by atoms with Crippen LogP contribution >= 0.6 is 0 Å². The number of carbonyl (C=O) groups is 2. The maximum absolute atomic E-state index is 11.6. The first kappa shape index (κ1) is 16.2. The van der Waals surface area contributed by atoms with E-state index in [9.17, 15) is 9.59 Å². The van der Waals surface area contributed by atoms with E-state index < -0.39 is 0 Å². The number of Topliss-reactive ketones (excluding diaryl/α,β-unsaturated/α-hetero) is 1. The van der Waals surface area contributed by atoms with Crippen LogP contribution in [0.2, 0.25) is 0 Å². The summed E-state index contributed by atoms with van der Waals surface area (Å²) in [7, 11) is 0. The third kappa shape index (κ3) is 4.21. The maximum Gasteiger partial charge on any atom is 0.309 e. The van der Waals surface area contributed by atoms with Gasteiger partial charge < -0.3 is 4.74 Å². The van der Waals surface area contributed by atoms with Gasteiger partial charge in [0.25, 0.3) is 0 Å². The predicted molar refractivity (Wildman–Crippen MR) is 89.2 cm³/mol. The first-order chi connectivity index (χ1) is 11.2. The van der Waals surface area contributed by atoms with E-state index in [2.05, 4.69) is 24.3 Å². The van der Waals surface area contributed by atoms with Gasteiger partial charge in [0.05, 0.1) is 12.5 Å². The second-order valence-corrected chi connectivity index (χ2v) is 6.97. The SMILES string of the molecule is CCOC(=O)[C@@H]1C[C@H]1CCc1ccc(C2CCCC(=O)C2)cc1. The molecule has 0 heterocycles. The minimum absolute atomic E-state index is 0.0187. The molecule has 2 aliphatic rings. The first-order valence-electron chi connectivity index (χ1n) is 8.94. The fourth-order valence-electron chi connectivity index (χ4n) is 3.72. The number of hydrogen-bond acceptors (Lipinski definition) is 3. The standard InChI is InChI=1S/C20H26O3/c1-2-23-20(22)19-13-17(19)11-8-14-6-9-15(10-7-14)16-4-3-5-18(21)12-16/h6-7,9-10,16-17,19H,2-5,8,11-13H2,1H3/t16?,17-,19-/m1/s1. The van der Waals surface area contributed by atoms with Gasteiger partial charge in [-0.15, -0.1) is 0 Å². The average molecular weight is 314 g/mol. The molecule has 1 unspecified atom stereocenters. The summed E-state index contributed by atoms with van der Waals surface area (Å²) in [5.41, 5.74) is 2.63. The highest BCUT2D eigenvalue weighted by molar-refractivity contribution is 5.80. The molecule has 2 saturated carbocycles. The van der Waals surface area contributed by atoms with E-state index in [0.29, 0.717) is 30.6 Å². The van der Waals surface area contributed by atoms with Crippen LogP contribution in [0.15, 0.2) is 24.3 Å². The molecular formula is C20H26O3. The second kappa shape index (κ2) is 7.29. The van der Waals surface area contributed by atoms with Crippen molar-refractivity contribution in [3.63, 3.8) is 0 Å². The first-order valence-corrected chi connectivity index (χ1v) is 8.94. The summed E-state index contributed by atoms with van der Waals surface area (Å²) in [5.74, 6) is 1.45. The molecule has 0 radical (unpaired) electrons. The number of hydrogen-bond donors (Lipinski definition) is 0. The van der Waals surface area contributed by atoms with Crippen LogP contribution in [0, 0.1) is 11.8 Å². The molecule has 0 aliphatic heterocycles. The lowest BCUT2D eigenvalue weighted by Crippen LogP contribution is -2.13. The molecule has 3 atom stereocenters. The molecule has 23 heavy (non-hydrogen) atoms. The van der Waals surface area contributed by atoms with Crippen LogP contribution in [0.25, 0.3) is 0 Å². The van der Waals surface area contributed by atoms with Crippen LogP contribution in [-0.2, 0) is 20.7 Å². The Morgan fingerprint density at radius 3 is 2.74 bits per heavy atom. The highest BCUT2D eigenvalue weighted by Gasteiger charge is 2.43. The number of benzene rings is 1. The quantitative estimate of drug-likeness (QED) is 0.744. The minimum Gasteiger partial charge on any atom is -0.466 e. The lowest BCUT2D eigenvalue weighted by molar-refractivity contribution is -0.145. The van der Waals surface area contributed by atoms with Gasteiger partial charge >= 0.3 is 5.97 Å². The van der Waals surface area contributed by atoms with Crippen molar-refractivity contribution in [2.75, 3.05) is 6.61 Å². The van der Waals surface area contributed by atoms with Gasteiger partial charge in [-0.05, 0) is 62.0 Å². The lowest BCUT2D eigenvalue weighted by atomic mass is 9.83. The smallest absolute Gasteiger partial charge is 0.309 e. The number of esters is 1. The molecule has 2 aliphatic carbocycles. The van der Waals surface area contributed by atoms with Crippen molar-refractivity contribution in [1.29, 1.82) is 0 Å². The molecule has 3 rings (SSSR count). The summed E-state index contributed by atoms with van der Waals surface area (Å²) < 4.78 is 5.07. The van der Waals surface area contributed by atoms with Crippen LogP contribution in [0.4, 0.5) is 0 Å². The van der Waals surface area contributed by atoms with Crippen molar-refractivity contribution < 1.29 is 14.3 Å². The summed E-state index contributed by atoms with van der Waals surface area (Å²) >= 11 is 0. The van der Waals surface area contributed by atoms with Crippen molar-refractivity contribution in [3.05, 3.63) is 35.4 Å². The van der Waals surface area contributed by atoms with Crippen LogP contribution in [0.1, 0.15) is 62.5 Å². The van der Waals surface area contributed by atoms with E-state index in [1.54, 1.807) is 0 Å². The molecular weight excluding hydrogens is 288 g/mol. The van der Waals surface area contributed by atoms with E-state index in [1.807, 2.05) is 6.92 Å². The van der Waals surface area contributed by atoms with Crippen molar-refractivity contribution in [2.45, 2.75) is 57.8 Å². The number of aryl methyl sites for hydroxylation is 1. The molecule has 0 N–H and O–H groups in total. The highest BCUT2D eigenvalue weighted by Crippen LogP contribution is 2.43. The molecule has 124 valence electrons. The van der Waals surface area contributed by atoms with Crippen LogP contribution < -0.4 is 0 Å². The normalized spacial score (nSPS) is 26.8. The van der Waals surface area contributed by atoms with Crippen LogP contribution in [0.3, 0.4) is 0 Å². The molecule has 0 bridgehead atoms. The highest BCUT2D eigenvalue weighted by atomic mass is 16.5. The van der Waals surface area contributed by atoms with Gasteiger partial charge in [0.1, 0.15) is 5.78 Å². The van der Waals surface area contributed by atoms with E-state index in [1.165, 1.54) is 11.1 Å². The lowest BCUT2D eigenvalue weighted by Gasteiger charge is -2.21. The van der Waals surface area contributed by atoms with Crippen LogP contribution in [-0.4, -0.2) is 18.4 Å². The average Bonchev–Trinajstić information content (AvgIpc) is 3.33. The van der Waals surface area contributed by atoms with Gasteiger partial charge in [-0.25, -0.2) is 0 Å². The molecule has 3 nitrogen and oxygen atoms in total. The summed E-state index contributed by atoms with van der Waals surface area (Å²) in [6, 6.07) is 8.76. The predicted octanol–water partition coefficient (Wildman–Crippen LogP) is 4.05. The fourth-order valence-corrected chi connectivity index (χ4v) is 3.72. The van der Waals surface area contributed by atoms with Gasteiger partial charge in [-0.2, -0.15) is 0 Å². The van der Waals surface area contributed by atoms with E-state index in [0.717, 1.165) is 38.5 Å². The largest absolute Gasteiger partial charge is 0.466 e. The van der Waals surface area contributed by atoms with Gasteiger partial charge in [0.15, 0.2) is 0 Å². The van der Waals surface area contributed by atoms with Crippen molar-refractivity contribution in [3.8, 4) is 0 Å². The molecule has 0 saturated heterocycles. The van der Waals surface area contributed by atoms with Crippen molar-refractivity contribution >= 4 is 11.8 Å². The Bertz CT molecular complexity index is 561. The zero-order chi connectivity index (χ0) is 16.2. The summed E-state index contributed by atoms with van der Waals surface area (Å²) in [6.45, 7) is 2.34. The van der Waals surface area contributed by atoms with Crippen molar-refractivity contribution in [1.82, 2.24) is 0 Å². The Balaban J connectivity index is 1.47. The van der Waals surface area contributed by atoms with E-state index >= 15 is 0 Å². The maximum atomic E-state index is 11.6. The summed E-state index contributed by atoms with van der Waals surface area (Å²) in [4.78, 5) is 23.2. The third-order valence-electron chi connectivity index (χ3n) is 5.25. The molecule has 3 heteroatoms. The Hall–Kier alpha value is -1.64. The molecule has 0 amide bonds. The Labute approximate surface area is 138 Å². The van der Waals surface area contributed by atoms with Crippen molar-refractivity contribution in [2.24, 2.45) is 11.8 Å². The minimum atomic E-state index is -0.0187. The number of ether oxygens (including phenoxy) is 1. The van der Waals surface area contributed by atoms with E-state index in [4.69, 9.17) is 4.74 Å². The summed E-state index contributed by atoms with van der Waals surface area (Å²) in [5, 5.41) is 0. The fraction of sp³-hybridized carbons (Fsp3) is 0.600. The Morgan fingerprint density at radius 1 is 1.26 bits per heavy atom. The summed E-state index contributed by atoms with van der Waals surface area (Å²) in [6.07, 6.45) is 6.70. The Kier molecular flexibility index (Phi) is 5.14. The second-order valence-electron chi connectivity index (χ2n) is 6.97.